The zero-order valence-corrected chi connectivity index (χ0v) is 23.5. The molecule has 2 aliphatic heterocycles. The summed E-state index contributed by atoms with van der Waals surface area (Å²) < 4.78 is 0. The molecule has 0 bridgehead atoms. The third-order valence-electron chi connectivity index (χ3n) is 8.02. The molecule has 0 saturated carbocycles. The Balaban J connectivity index is 1.11. The number of piperazine rings is 1. The highest BCUT2D eigenvalue weighted by atomic mass is 32.1. The number of carbonyl (C=O) groups excluding carboxylic acids is 2. The van der Waals surface area contributed by atoms with Gasteiger partial charge in [0.2, 0.25) is 0 Å². The van der Waals surface area contributed by atoms with Gasteiger partial charge in [0.1, 0.15) is 4.88 Å². The monoisotopic (exact) mass is 551 g/mol. The summed E-state index contributed by atoms with van der Waals surface area (Å²) in [6.07, 6.45) is 1.92. The largest absolute Gasteiger partial charge is 0.338 e. The Hall–Kier alpha value is -3.88. The minimum Gasteiger partial charge on any atom is -0.338 e. The molecule has 0 atom stereocenters. The number of aryl methyl sites for hydroxylation is 1. The van der Waals surface area contributed by atoms with Crippen LogP contribution in [0.2, 0.25) is 0 Å². The molecule has 0 N–H and O–H groups in total. The molecule has 4 aromatic rings. The van der Waals surface area contributed by atoms with Gasteiger partial charge >= 0.3 is 0 Å². The summed E-state index contributed by atoms with van der Waals surface area (Å²) in [5.41, 5.74) is 6.83. The van der Waals surface area contributed by atoms with Crippen LogP contribution < -0.4 is 0 Å². The van der Waals surface area contributed by atoms with Gasteiger partial charge in [-0.2, -0.15) is 0 Å². The van der Waals surface area contributed by atoms with Gasteiger partial charge in [-0.1, -0.05) is 60.7 Å². The van der Waals surface area contributed by atoms with Gasteiger partial charge in [0.15, 0.2) is 0 Å². The Morgan fingerprint density at radius 1 is 0.750 bits per heavy atom. The number of rotatable bonds is 5. The number of thiazole rings is 1. The Morgan fingerprint density at radius 3 is 1.82 bits per heavy atom. The van der Waals surface area contributed by atoms with Crippen LogP contribution in [0.15, 0.2) is 78.3 Å². The molecule has 2 amide bonds. The van der Waals surface area contributed by atoms with E-state index in [1.165, 1.54) is 11.3 Å². The molecule has 0 unspecified atom stereocenters. The average molecular weight is 552 g/mol. The van der Waals surface area contributed by atoms with Gasteiger partial charge in [0.25, 0.3) is 11.8 Å². The topological polar surface area (TPSA) is 69.6 Å². The second-order valence-corrected chi connectivity index (χ2v) is 11.3. The molecule has 2 aliphatic rings. The highest BCUT2D eigenvalue weighted by Crippen LogP contribution is 2.27. The maximum atomic E-state index is 13.7. The first-order chi connectivity index (χ1) is 19.6. The number of hydrogen-bond acceptors (Lipinski definition) is 6. The fourth-order valence-electron chi connectivity index (χ4n) is 5.73. The number of piperidine rings is 1. The van der Waals surface area contributed by atoms with Crippen LogP contribution in [0.4, 0.5) is 0 Å². The number of pyridine rings is 1. The zero-order valence-electron chi connectivity index (χ0n) is 22.7. The standard InChI is InChI=1S/C32H33N5O2S/c1-23-30(40-22-33-23)32(39)36-14-12-27(13-15-36)35-16-18-37(19-17-35)31(38)26-20-28(24-8-4-2-5-9-24)34-29(21-26)25-10-6-3-7-11-25/h2-11,20-22,27H,12-19H2,1H3. The van der Waals surface area contributed by atoms with Gasteiger partial charge in [-0.3, -0.25) is 14.5 Å². The fraction of sp³-hybridized carbons (Fsp3) is 0.312. The van der Waals surface area contributed by atoms with Crippen molar-refractivity contribution in [2.24, 2.45) is 0 Å². The Bertz CT molecular complexity index is 1420. The molecule has 40 heavy (non-hydrogen) atoms. The van der Waals surface area contributed by atoms with Crippen LogP contribution in [0.25, 0.3) is 22.5 Å². The van der Waals surface area contributed by atoms with E-state index in [-0.39, 0.29) is 11.8 Å². The average Bonchev–Trinajstić information content (AvgIpc) is 3.46. The number of amides is 2. The van der Waals surface area contributed by atoms with E-state index in [9.17, 15) is 9.59 Å². The summed E-state index contributed by atoms with van der Waals surface area (Å²) >= 11 is 1.43. The summed E-state index contributed by atoms with van der Waals surface area (Å²) in [4.78, 5) is 43.0. The van der Waals surface area contributed by atoms with Crippen LogP contribution in [0, 0.1) is 6.92 Å². The third-order valence-corrected chi connectivity index (χ3v) is 8.94. The zero-order chi connectivity index (χ0) is 27.5. The van der Waals surface area contributed by atoms with Crippen LogP contribution in [-0.4, -0.2) is 81.8 Å². The lowest BCUT2D eigenvalue weighted by molar-refractivity contribution is 0.0413. The summed E-state index contributed by atoms with van der Waals surface area (Å²) in [7, 11) is 0. The second-order valence-electron chi connectivity index (χ2n) is 10.5. The summed E-state index contributed by atoms with van der Waals surface area (Å²) in [5, 5.41) is 0. The first-order valence-corrected chi connectivity index (χ1v) is 14.8. The molecule has 2 aromatic heterocycles. The van der Waals surface area contributed by atoms with Crippen molar-refractivity contribution < 1.29 is 9.59 Å². The van der Waals surface area contributed by atoms with Gasteiger partial charge in [0, 0.05) is 62.0 Å². The van der Waals surface area contributed by atoms with Crippen LogP contribution in [-0.2, 0) is 0 Å². The van der Waals surface area contributed by atoms with Crippen LogP contribution in [0.3, 0.4) is 0 Å². The molecular formula is C32H33N5O2S. The van der Waals surface area contributed by atoms with E-state index in [0.29, 0.717) is 24.7 Å². The van der Waals surface area contributed by atoms with Crippen molar-refractivity contribution in [2.75, 3.05) is 39.3 Å². The highest BCUT2D eigenvalue weighted by Gasteiger charge is 2.31. The van der Waals surface area contributed by atoms with Crippen molar-refractivity contribution in [3.8, 4) is 22.5 Å². The number of hydrogen-bond donors (Lipinski definition) is 0. The van der Waals surface area contributed by atoms with E-state index in [1.54, 1.807) is 5.51 Å². The Kier molecular flexibility index (Phi) is 7.71. The van der Waals surface area contributed by atoms with Gasteiger partial charge < -0.3 is 9.80 Å². The van der Waals surface area contributed by atoms with E-state index >= 15 is 0 Å². The van der Waals surface area contributed by atoms with Crippen LogP contribution >= 0.6 is 11.3 Å². The van der Waals surface area contributed by atoms with Gasteiger partial charge in [0.05, 0.1) is 22.6 Å². The SMILES string of the molecule is Cc1ncsc1C(=O)N1CCC(N2CCN(C(=O)c3cc(-c4ccccc4)nc(-c4ccccc4)c3)CC2)CC1. The summed E-state index contributed by atoms with van der Waals surface area (Å²) in [5.74, 6) is 0.160. The molecule has 2 aromatic carbocycles. The van der Waals surface area contributed by atoms with Gasteiger partial charge in [-0.05, 0) is 31.9 Å². The molecular weight excluding hydrogens is 518 g/mol. The molecule has 8 heteroatoms. The molecule has 2 fully saturated rings. The van der Waals surface area contributed by atoms with Crippen molar-refractivity contribution in [3.63, 3.8) is 0 Å². The Morgan fingerprint density at radius 2 is 1.30 bits per heavy atom. The van der Waals surface area contributed by atoms with Crippen molar-refractivity contribution in [1.29, 1.82) is 0 Å². The molecule has 204 valence electrons. The van der Waals surface area contributed by atoms with Crippen molar-refractivity contribution in [2.45, 2.75) is 25.8 Å². The van der Waals surface area contributed by atoms with Gasteiger partial charge in [-0.25, -0.2) is 9.97 Å². The van der Waals surface area contributed by atoms with E-state index in [2.05, 4.69) is 9.88 Å². The number of benzene rings is 2. The molecule has 4 heterocycles. The normalized spacial score (nSPS) is 16.7. The van der Waals surface area contributed by atoms with Gasteiger partial charge in [-0.15, -0.1) is 11.3 Å². The lowest BCUT2D eigenvalue weighted by Crippen LogP contribution is -2.54. The fourth-order valence-corrected chi connectivity index (χ4v) is 6.49. The second kappa shape index (κ2) is 11.7. The van der Waals surface area contributed by atoms with E-state index in [0.717, 1.165) is 72.1 Å². The van der Waals surface area contributed by atoms with E-state index in [1.807, 2.05) is 89.5 Å². The van der Waals surface area contributed by atoms with Crippen LogP contribution in [0.1, 0.15) is 38.6 Å². The molecule has 6 rings (SSSR count). The van der Waals surface area contributed by atoms with E-state index < -0.39 is 0 Å². The number of likely N-dealkylation sites (tertiary alicyclic amines) is 1. The van der Waals surface area contributed by atoms with E-state index in [4.69, 9.17) is 4.98 Å². The van der Waals surface area contributed by atoms with Crippen molar-refractivity contribution >= 4 is 23.2 Å². The molecule has 7 nitrogen and oxygen atoms in total. The summed E-state index contributed by atoms with van der Waals surface area (Å²) in [6.45, 7) is 6.52. The van der Waals surface area contributed by atoms with Crippen LogP contribution in [0.5, 0.6) is 0 Å². The number of carbonyl (C=O) groups is 2. The van der Waals surface area contributed by atoms with Crippen molar-refractivity contribution in [3.05, 3.63) is 94.4 Å². The third kappa shape index (κ3) is 5.55. The Labute approximate surface area is 239 Å². The first-order valence-electron chi connectivity index (χ1n) is 13.9. The maximum absolute atomic E-state index is 13.7. The van der Waals surface area contributed by atoms with Crippen molar-refractivity contribution in [1.82, 2.24) is 24.7 Å². The highest BCUT2D eigenvalue weighted by molar-refractivity contribution is 7.11. The molecule has 0 spiro atoms. The minimum atomic E-state index is 0.0526. The minimum absolute atomic E-state index is 0.0526. The predicted molar refractivity (Wildman–Crippen MR) is 158 cm³/mol. The predicted octanol–water partition coefficient (Wildman–Crippen LogP) is 5.24. The maximum Gasteiger partial charge on any atom is 0.265 e. The first kappa shape index (κ1) is 26.3. The quantitative estimate of drug-likeness (QED) is 0.339. The molecule has 2 saturated heterocycles. The molecule has 0 radical (unpaired) electrons. The number of aromatic nitrogens is 2. The lowest BCUT2D eigenvalue weighted by atomic mass is 10.0. The molecule has 0 aliphatic carbocycles. The summed E-state index contributed by atoms with van der Waals surface area (Å²) in [6, 6.07) is 24.4. The number of nitrogens with zero attached hydrogens (tertiary/aromatic N) is 5. The lowest BCUT2D eigenvalue weighted by Gasteiger charge is -2.42. The smallest absolute Gasteiger partial charge is 0.265 e.